The summed E-state index contributed by atoms with van der Waals surface area (Å²) in [4.78, 5) is 10.8. The fourth-order valence-electron chi connectivity index (χ4n) is 3.46. The third-order valence-electron chi connectivity index (χ3n) is 4.73. The summed E-state index contributed by atoms with van der Waals surface area (Å²) < 4.78 is 4.98. The summed E-state index contributed by atoms with van der Waals surface area (Å²) in [5.74, 6) is -0.218. The highest BCUT2D eigenvalue weighted by Crippen LogP contribution is 2.33. The van der Waals surface area contributed by atoms with E-state index in [-0.39, 0.29) is 13.0 Å². The Hall–Kier alpha value is -2.95. The highest BCUT2D eigenvalue weighted by Gasteiger charge is 2.25. The van der Waals surface area contributed by atoms with Crippen molar-refractivity contribution in [1.82, 2.24) is 0 Å². The first-order valence-corrected chi connectivity index (χ1v) is 8.98. The number of aryl methyl sites for hydroxylation is 1. The second-order valence-electron chi connectivity index (χ2n) is 6.62. The minimum atomic E-state index is -0.218. The smallest absolute Gasteiger partial charge is 0.406 e. The summed E-state index contributed by atoms with van der Waals surface area (Å²) in [6.07, 6.45) is 1.75. The van der Waals surface area contributed by atoms with Crippen molar-refractivity contribution < 1.29 is 9.53 Å². The van der Waals surface area contributed by atoms with Gasteiger partial charge in [-0.05, 0) is 41.4 Å². The van der Waals surface area contributed by atoms with Crippen LogP contribution in [0.1, 0.15) is 18.9 Å². The first-order valence-electron chi connectivity index (χ1n) is 8.98. The van der Waals surface area contributed by atoms with Crippen LogP contribution < -0.4 is 15.9 Å². The van der Waals surface area contributed by atoms with Crippen LogP contribution in [-0.4, -0.2) is 19.6 Å². The number of nitrogens with one attached hydrogen (secondary N) is 2. The van der Waals surface area contributed by atoms with E-state index < -0.39 is 0 Å². The lowest BCUT2D eigenvalue weighted by Crippen LogP contribution is -2.47. The zero-order valence-corrected chi connectivity index (χ0v) is 14.8. The number of rotatable bonds is 5. The predicted octanol–water partition coefficient (Wildman–Crippen LogP) is 3.57. The van der Waals surface area contributed by atoms with Crippen molar-refractivity contribution in [2.24, 2.45) is 0 Å². The molecule has 4 rings (SSSR count). The fraction of sp³-hybridized carbons (Fsp3) is 0.190. The highest BCUT2D eigenvalue weighted by atomic mass is 16.5. The van der Waals surface area contributed by atoms with Crippen LogP contribution in [-0.2, 0) is 16.0 Å². The van der Waals surface area contributed by atoms with Gasteiger partial charge in [-0.25, -0.2) is 0 Å². The van der Waals surface area contributed by atoms with E-state index in [0.717, 1.165) is 24.2 Å². The number of hydrogen-bond donors (Lipinski definition) is 2. The third-order valence-corrected chi connectivity index (χ3v) is 4.73. The van der Waals surface area contributed by atoms with Gasteiger partial charge in [-0.1, -0.05) is 48.5 Å². The molecule has 3 aromatic carbocycles. The summed E-state index contributed by atoms with van der Waals surface area (Å²) in [5.41, 5.74) is 4.76. The molecule has 0 unspecified atom stereocenters. The minimum absolute atomic E-state index is 0.0468. The molecule has 0 saturated heterocycles. The summed E-state index contributed by atoms with van der Waals surface area (Å²) in [6.45, 7) is 1.96. The van der Waals surface area contributed by atoms with Gasteiger partial charge < -0.3 is 15.2 Å². The van der Waals surface area contributed by atoms with E-state index in [1.54, 1.807) is 0 Å². The van der Waals surface area contributed by atoms with Crippen molar-refractivity contribution in [3.05, 3.63) is 66.2 Å². The van der Waals surface area contributed by atoms with Crippen LogP contribution in [0.2, 0.25) is 0 Å². The van der Waals surface area contributed by atoms with Crippen LogP contribution in [0.4, 0.5) is 11.4 Å². The molecule has 130 valence electrons. The molecule has 0 saturated carbocycles. The molecule has 1 heterocycles. The molecule has 0 atom stereocenters. The van der Waals surface area contributed by atoms with Gasteiger partial charge in [0, 0.05) is 23.7 Å². The standard InChI is InChI=1S/C21H21BN2O2/c1-15(25)26-14-4-5-16-10-12-18(13-11-16)22-23-19-8-2-6-17-7-3-9-20(24-22)21(17)19/h2-3,6-13,23-24H,4-5,14H2,1H3. The van der Waals surface area contributed by atoms with E-state index >= 15 is 0 Å². The minimum Gasteiger partial charge on any atom is -0.466 e. The Bertz CT molecular complexity index is 900. The van der Waals surface area contributed by atoms with E-state index in [9.17, 15) is 4.79 Å². The topological polar surface area (TPSA) is 50.4 Å². The molecule has 4 nitrogen and oxygen atoms in total. The molecule has 2 N–H and O–H groups in total. The molecule has 0 aromatic heterocycles. The van der Waals surface area contributed by atoms with E-state index in [0.29, 0.717) is 6.61 Å². The predicted molar refractivity (Wildman–Crippen MR) is 108 cm³/mol. The van der Waals surface area contributed by atoms with E-state index in [4.69, 9.17) is 4.74 Å². The Morgan fingerprint density at radius 3 is 2.23 bits per heavy atom. The van der Waals surface area contributed by atoms with Gasteiger partial charge in [0.25, 0.3) is 0 Å². The third kappa shape index (κ3) is 3.38. The van der Waals surface area contributed by atoms with Gasteiger partial charge in [0.15, 0.2) is 0 Å². The number of carbonyl (C=O) groups is 1. The van der Waals surface area contributed by atoms with Crippen molar-refractivity contribution in [3.63, 3.8) is 0 Å². The first-order chi connectivity index (χ1) is 12.7. The summed E-state index contributed by atoms with van der Waals surface area (Å²) >= 11 is 0. The molecular formula is C21H21BN2O2. The summed E-state index contributed by atoms with van der Waals surface area (Å²) in [7, 11) is 0. The SMILES string of the molecule is CC(=O)OCCCc1ccc(B2Nc3cccc4cccc(c34)N2)cc1. The maximum Gasteiger partial charge on any atom is 0.406 e. The second-order valence-corrected chi connectivity index (χ2v) is 6.62. The molecule has 0 amide bonds. The molecule has 0 radical (unpaired) electrons. The quantitative estimate of drug-likeness (QED) is 0.422. The Morgan fingerprint density at radius 1 is 0.962 bits per heavy atom. The van der Waals surface area contributed by atoms with Crippen LogP contribution >= 0.6 is 0 Å². The Kier molecular flexibility index (Phi) is 4.52. The molecule has 0 fully saturated rings. The van der Waals surface area contributed by atoms with Crippen molar-refractivity contribution in [3.8, 4) is 0 Å². The zero-order chi connectivity index (χ0) is 17.9. The number of benzene rings is 3. The van der Waals surface area contributed by atoms with Crippen LogP contribution in [0.25, 0.3) is 10.8 Å². The molecule has 0 aliphatic carbocycles. The van der Waals surface area contributed by atoms with E-state index in [1.165, 1.54) is 28.7 Å². The van der Waals surface area contributed by atoms with Crippen molar-refractivity contribution in [2.75, 3.05) is 17.1 Å². The van der Waals surface area contributed by atoms with Crippen LogP contribution in [0.15, 0.2) is 60.7 Å². The van der Waals surface area contributed by atoms with E-state index in [1.807, 2.05) is 0 Å². The van der Waals surface area contributed by atoms with Gasteiger partial charge in [0.05, 0.1) is 6.61 Å². The summed E-state index contributed by atoms with van der Waals surface area (Å²) in [5, 5.41) is 9.67. The largest absolute Gasteiger partial charge is 0.466 e. The maximum atomic E-state index is 10.8. The fourth-order valence-corrected chi connectivity index (χ4v) is 3.46. The lowest BCUT2D eigenvalue weighted by atomic mass is 9.66. The number of hydrogen-bond acceptors (Lipinski definition) is 4. The highest BCUT2D eigenvalue weighted by molar-refractivity contribution is 6.80. The van der Waals surface area contributed by atoms with Crippen molar-refractivity contribution >= 4 is 40.6 Å². The number of esters is 1. The molecule has 0 bridgehead atoms. The second kappa shape index (κ2) is 7.12. The van der Waals surface area contributed by atoms with Crippen LogP contribution in [0.5, 0.6) is 0 Å². The first kappa shape index (κ1) is 16.5. The molecule has 1 aliphatic heterocycles. The summed E-state index contributed by atoms with van der Waals surface area (Å²) in [6, 6.07) is 21.3. The number of anilines is 2. The van der Waals surface area contributed by atoms with Crippen LogP contribution in [0, 0.1) is 0 Å². The zero-order valence-electron chi connectivity index (χ0n) is 14.8. The normalized spacial score (nSPS) is 12.4. The molecule has 5 heteroatoms. The average Bonchev–Trinajstić information content (AvgIpc) is 2.66. The van der Waals surface area contributed by atoms with Crippen molar-refractivity contribution in [2.45, 2.75) is 19.8 Å². The lowest BCUT2D eigenvalue weighted by molar-refractivity contribution is -0.141. The molecule has 0 spiro atoms. The Labute approximate surface area is 153 Å². The lowest BCUT2D eigenvalue weighted by Gasteiger charge is -2.27. The Morgan fingerprint density at radius 2 is 1.62 bits per heavy atom. The van der Waals surface area contributed by atoms with Gasteiger partial charge in [-0.15, -0.1) is 0 Å². The molecule has 1 aliphatic rings. The Balaban J connectivity index is 1.46. The van der Waals surface area contributed by atoms with Gasteiger partial charge in [0.1, 0.15) is 0 Å². The number of carbonyl (C=O) groups excluding carboxylic acids is 1. The van der Waals surface area contributed by atoms with Crippen LogP contribution in [0.3, 0.4) is 0 Å². The molecular weight excluding hydrogens is 323 g/mol. The van der Waals surface area contributed by atoms with E-state index in [2.05, 4.69) is 71.1 Å². The monoisotopic (exact) mass is 344 g/mol. The molecule has 3 aromatic rings. The molecule has 26 heavy (non-hydrogen) atoms. The van der Waals surface area contributed by atoms with Gasteiger partial charge in [0.2, 0.25) is 0 Å². The number of ether oxygens (including phenoxy) is 1. The van der Waals surface area contributed by atoms with Crippen molar-refractivity contribution in [1.29, 1.82) is 0 Å². The van der Waals surface area contributed by atoms with Gasteiger partial charge in [-0.3, -0.25) is 4.79 Å². The maximum absolute atomic E-state index is 10.8. The van der Waals surface area contributed by atoms with Gasteiger partial charge in [-0.2, -0.15) is 0 Å². The average molecular weight is 344 g/mol. The van der Waals surface area contributed by atoms with Gasteiger partial charge >= 0.3 is 13.0 Å².